The molecule has 6 nitrogen and oxygen atoms in total. The quantitative estimate of drug-likeness (QED) is 0.758. The number of likely N-dealkylation sites (N-methyl/N-ethyl adjacent to an activating group) is 1. The molecular formula is C22H22FN3O3S. The van der Waals surface area contributed by atoms with E-state index in [1.807, 2.05) is 25.1 Å². The second-order valence-corrected chi connectivity index (χ2v) is 7.69. The van der Waals surface area contributed by atoms with Gasteiger partial charge in [-0.25, -0.2) is 4.39 Å². The van der Waals surface area contributed by atoms with Crippen molar-refractivity contribution in [2.24, 2.45) is 0 Å². The van der Waals surface area contributed by atoms with Crippen LogP contribution >= 0.6 is 12.2 Å². The smallest absolute Gasteiger partial charge is 0.253 e. The number of halogens is 1. The number of nitrogens with one attached hydrogen (secondary N) is 1. The van der Waals surface area contributed by atoms with E-state index in [4.69, 9.17) is 21.7 Å². The van der Waals surface area contributed by atoms with E-state index < -0.39 is 6.04 Å². The summed E-state index contributed by atoms with van der Waals surface area (Å²) in [7, 11) is 3.37. The van der Waals surface area contributed by atoms with Gasteiger partial charge >= 0.3 is 0 Å². The molecule has 0 aliphatic carbocycles. The molecule has 4 rings (SSSR count). The van der Waals surface area contributed by atoms with Crippen LogP contribution in [0.25, 0.3) is 0 Å². The molecule has 0 unspecified atom stereocenters. The molecule has 2 aliphatic rings. The highest BCUT2D eigenvalue weighted by Gasteiger charge is 2.35. The highest BCUT2D eigenvalue weighted by atomic mass is 32.1. The van der Waals surface area contributed by atoms with Gasteiger partial charge in [0.05, 0.1) is 17.3 Å². The number of rotatable bonds is 3. The number of amides is 1. The largest absolute Gasteiger partial charge is 0.486 e. The Morgan fingerprint density at radius 3 is 2.60 bits per heavy atom. The second-order valence-electron chi connectivity index (χ2n) is 7.30. The summed E-state index contributed by atoms with van der Waals surface area (Å²) in [4.78, 5) is 16.4. The Kier molecular flexibility index (Phi) is 5.34. The van der Waals surface area contributed by atoms with Gasteiger partial charge in [0.1, 0.15) is 19.0 Å². The van der Waals surface area contributed by atoms with Gasteiger partial charge in [0.2, 0.25) is 0 Å². The first-order chi connectivity index (χ1) is 14.4. The van der Waals surface area contributed by atoms with Gasteiger partial charge in [0, 0.05) is 25.9 Å². The summed E-state index contributed by atoms with van der Waals surface area (Å²) in [6.07, 6.45) is 0. The van der Waals surface area contributed by atoms with E-state index in [1.54, 1.807) is 31.1 Å². The molecule has 2 aromatic carbocycles. The number of allylic oxidation sites excluding steroid dienone is 1. The van der Waals surface area contributed by atoms with Crippen LogP contribution in [0.5, 0.6) is 11.5 Å². The zero-order valence-electron chi connectivity index (χ0n) is 16.9. The summed E-state index contributed by atoms with van der Waals surface area (Å²) >= 11 is 5.65. The third kappa shape index (κ3) is 3.59. The van der Waals surface area contributed by atoms with Gasteiger partial charge in [0.15, 0.2) is 16.6 Å². The molecule has 30 heavy (non-hydrogen) atoms. The normalized spacial score (nSPS) is 18.2. The minimum atomic E-state index is -0.559. The maximum atomic E-state index is 13.9. The van der Waals surface area contributed by atoms with Crippen LogP contribution in [0.2, 0.25) is 0 Å². The Morgan fingerprint density at radius 1 is 1.17 bits per heavy atom. The van der Waals surface area contributed by atoms with Crippen LogP contribution in [0.4, 0.5) is 10.1 Å². The van der Waals surface area contributed by atoms with Gasteiger partial charge in [-0.2, -0.15) is 0 Å². The van der Waals surface area contributed by atoms with Gasteiger partial charge in [0.25, 0.3) is 5.91 Å². The number of anilines is 1. The first-order valence-electron chi connectivity index (χ1n) is 9.55. The summed E-state index contributed by atoms with van der Waals surface area (Å²) in [5, 5.41) is 3.63. The lowest BCUT2D eigenvalue weighted by atomic mass is 9.93. The van der Waals surface area contributed by atoms with Gasteiger partial charge in [-0.3, -0.25) is 9.69 Å². The van der Waals surface area contributed by atoms with Crippen LogP contribution in [-0.4, -0.2) is 43.2 Å². The third-order valence-electron chi connectivity index (χ3n) is 5.09. The molecule has 1 atom stereocenters. The fraction of sp³-hybridized carbons (Fsp3) is 0.273. The SMILES string of the molecule is CC1=C(C(=O)N(C)C)[C@H](c2cccc(F)c2)NC(=S)N1c1ccc2c(c1)OCCO2. The number of thiocarbonyl (C=S) groups is 1. The fourth-order valence-corrected chi connectivity index (χ4v) is 4.04. The van der Waals surface area contributed by atoms with E-state index in [-0.39, 0.29) is 11.7 Å². The van der Waals surface area contributed by atoms with Crippen LogP contribution in [-0.2, 0) is 4.79 Å². The number of carbonyl (C=O) groups excluding carboxylic acids is 1. The van der Waals surface area contributed by atoms with Crippen molar-refractivity contribution < 1.29 is 18.7 Å². The van der Waals surface area contributed by atoms with Crippen molar-refractivity contribution in [3.63, 3.8) is 0 Å². The standard InChI is InChI=1S/C22H22FN3O3S/c1-13-19(21(27)25(2)3)20(14-5-4-6-15(23)11-14)24-22(30)26(13)16-7-8-17-18(12-16)29-10-9-28-17/h4-8,11-12,20H,9-10H2,1-3H3,(H,24,30)/t20-/m0/s1. The molecule has 2 heterocycles. The van der Waals surface area contributed by atoms with Crippen LogP contribution in [0.15, 0.2) is 53.7 Å². The lowest BCUT2D eigenvalue weighted by Gasteiger charge is -2.38. The second kappa shape index (κ2) is 7.95. The zero-order chi connectivity index (χ0) is 21.4. The fourth-order valence-electron chi connectivity index (χ4n) is 3.68. The summed E-state index contributed by atoms with van der Waals surface area (Å²) in [5.74, 6) is 0.745. The highest BCUT2D eigenvalue weighted by Crippen LogP contribution is 2.38. The van der Waals surface area contributed by atoms with E-state index in [2.05, 4.69) is 5.32 Å². The van der Waals surface area contributed by atoms with Crippen molar-refractivity contribution in [3.05, 3.63) is 65.1 Å². The summed E-state index contributed by atoms with van der Waals surface area (Å²) < 4.78 is 25.2. The lowest BCUT2D eigenvalue weighted by molar-refractivity contribution is -0.125. The molecule has 2 aliphatic heterocycles. The molecular weight excluding hydrogens is 405 g/mol. The average Bonchev–Trinajstić information content (AvgIpc) is 2.72. The number of carbonyl (C=O) groups is 1. The van der Waals surface area contributed by atoms with Crippen molar-refractivity contribution in [2.45, 2.75) is 13.0 Å². The molecule has 0 saturated heterocycles. The Hall–Kier alpha value is -3.13. The number of benzene rings is 2. The average molecular weight is 428 g/mol. The molecule has 0 fully saturated rings. The first-order valence-corrected chi connectivity index (χ1v) is 9.96. The molecule has 0 bridgehead atoms. The molecule has 1 amide bonds. The van der Waals surface area contributed by atoms with E-state index in [0.717, 1.165) is 5.69 Å². The van der Waals surface area contributed by atoms with Gasteiger partial charge in [-0.1, -0.05) is 12.1 Å². The first kappa shape index (κ1) is 20.2. The molecule has 2 aromatic rings. The summed E-state index contributed by atoms with van der Waals surface area (Å²) in [6, 6.07) is 11.2. The topological polar surface area (TPSA) is 54.0 Å². The van der Waals surface area contributed by atoms with E-state index in [0.29, 0.717) is 46.7 Å². The van der Waals surface area contributed by atoms with Crippen molar-refractivity contribution in [1.29, 1.82) is 0 Å². The van der Waals surface area contributed by atoms with Crippen LogP contribution in [0, 0.1) is 5.82 Å². The maximum absolute atomic E-state index is 13.9. The predicted octanol–water partition coefficient (Wildman–Crippen LogP) is 3.39. The summed E-state index contributed by atoms with van der Waals surface area (Å²) in [6.45, 7) is 2.82. The number of hydrogen-bond donors (Lipinski definition) is 1. The Bertz CT molecular complexity index is 1050. The highest BCUT2D eigenvalue weighted by molar-refractivity contribution is 7.80. The Morgan fingerprint density at radius 2 is 1.90 bits per heavy atom. The number of hydrogen-bond acceptors (Lipinski definition) is 4. The zero-order valence-corrected chi connectivity index (χ0v) is 17.8. The van der Waals surface area contributed by atoms with Gasteiger partial charge in [-0.15, -0.1) is 0 Å². The monoisotopic (exact) mass is 427 g/mol. The van der Waals surface area contributed by atoms with Crippen LogP contribution in [0.1, 0.15) is 18.5 Å². The van der Waals surface area contributed by atoms with Crippen LogP contribution < -0.4 is 19.7 Å². The lowest BCUT2D eigenvalue weighted by Crippen LogP contribution is -2.49. The Balaban J connectivity index is 1.83. The molecule has 0 aromatic heterocycles. The van der Waals surface area contributed by atoms with E-state index in [1.165, 1.54) is 17.0 Å². The minimum Gasteiger partial charge on any atom is -0.486 e. The van der Waals surface area contributed by atoms with Crippen molar-refractivity contribution in [1.82, 2.24) is 10.2 Å². The number of ether oxygens (including phenoxy) is 2. The molecule has 8 heteroatoms. The van der Waals surface area contributed by atoms with Crippen LogP contribution in [0.3, 0.4) is 0 Å². The van der Waals surface area contributed by atoms with E-state index in [9.17, 15) is 9.18 Å². The van der Waals surface area contributed by atoms with Crippen molar-refractivity contribution in [2.75, 3.05) is 32.2 Å². The van der Waals surface area contributed by atoms with Gasteiger partial charge in [-0.05, 0) is 49.0 Å². The number of nitrogens with zero attached hydrogens (tertiary/aromatic N) is 2. The minimum absolute atomic E-state index is 0.181. The van der Waals surface area contributed by atoms with E-state index >= 15 is 0 Å². The van der Waals surface area contributed by atoms with Crippen molar-refractivity contribution in [3.8, 4) is 11.5 Å². The third-order valence-corrected chi connectivity index (χ3v) is 5.39. The van der Waals surface area contributed by atoms with Crippen molar-refractivity contribution >= 4 is 28.9 Å². The molecule has 0 saturated carbocycles. The molecule has 0 radical (unpaired) electrons. The molecule has 1 N–H and O–H groups in total. The number of fused-ring (bicyclic) bond motifs is 1. The Labute approximate surface area is 179 Å². The van der Waals surface area contributed by atoms with Gasteiger partial charge < -0.3 is 19.7 Å². The molecule has 156 valence electrons. The maximum Gasteiger partial charge on any atom is 0.253 e. The predicted molar refractivity (Wildman–Crippen MR) is 116 cm³/mol. The molecule has 0 spiro atoms. The summed E-state index contributed by atoms with van der Waals surface area (Å²) in [5.41, 5.74) is 2.54.